The second-order valence-corrected chi connectivity index (χ2v) is 8.33. The van der Waals surface area contributed by atoms with Gasteiger partial charge in [-0.05, 0) is 24.1 Å². The van der Waals surface area contributed by atoms with E-state index in [2.05, 4.69) is 41.6 Å². The molecule has 142 valence electrons. The van der Waals surface area contributed by atoms with Crippen molar-refractivity contribution in [2.45, 2.75) is 57.8 Å². The molecule has 1 saturated heterocycles. The third-order valence-corrected chi connectivity index (χ3v) is 5.14. The summed E-state index contributed by atoms with van der Waals surface area (Å²) in [4.78, 5) is 24.0. The molecule has 0 saturated carbocycles. The number of amides is 1. The van der Waals surface area contributed by atoms with Crippen LogP contribution in [0.2, 0.25) is 0 Å². The van der Waals surface area contributed by atoms with Crippen LogP contribution in [0.1, 0.15) is 55.9 Å². The van der Waals surface area contributed by atoms with E-state index in [4.69, 9.17) is 0 Å². The number of hydrogen-bond acceptors (Lipinski definition) is 6. The van der Waals surface area contributed by atoms with E-state index in [1.165, 1.54) is 0 Å². The van der Waals surface area contributed by atoms with E-state index < -0.39 is 0 Å². The minimum absolute atomic E-state index is 0.0387. The Morgan fingerprint density at radius 3 is 2.63 bits per heavy atom. The van der Waals surface area contributed by atoms with Crippen LogP contribution in [0.5, 0.6) is 5.75 Å². The molecule has 1 aromatic heterocycles. The summed E-state index contributed by atoms with van der Waals surface area (Å²) in [6.07, 6.45) is 2.52. The lowest BCUT2D eigenvalue weighted by molar-refractivity contribution is -0.133. The summed E-state index contributed by atoms with van der Waals surface area (Å²) < 4.78 is 0. The SMILES string of the molecule is CC(C)(C)c1ncc2c(n1)CN(C(=O)C1CC(c3ccc(O)cc3)NN1)C2. The number of benzene rings is 1. The molecule has 1 amide bonds. The molecule has 1 fully saturated rings. The lowest BCUT2D eigenvalue weighted by atomic mass is 9.95. The van der Waals surface area contributed by atoms with Gasteiger partial charge in [-0.25, -0.2) is 20.8 Å². The van der Waals surface area contributed by atoms with Crippen LogP contribution < -0.4 is 10.9 Å². The van der Waals surface area contributed by atoms with Crippen molar-refractivity contribution in [3.63, 3.8) is 0 Å². The van der Waals surface area contributed by atoms with Gasteiger partial charge in [-0.3, -0.25) is 4.79 Å². The summed E-state index contributed by atoms with van der Waals surface area (Å²) >= 11 is 0. The van der Waals surface area contributed by atoms with E-state index in [9.17, 15) is 9.90 Å². The van der Waals surface area contributed by atoms with Crippen molar-refractivity contribution in [1.29, 1.82) is 0 Å². The molecule has 27 heavy (non-hydrogen) atoms. The van der Waals surface area contributed by atoms with Crippen molar-refractivity contribution in [3.05, 3.63) is 53.1 Å². The van der Waals surface area contributed by atoms with Crippen LogP contribution in [-0.4, -0.2) is 31.9 Å². The van der Waals surface area contributed by atoms with E-state index in [-0.39, 0.29) is 29.2 Å². The van der Waals surface area contributed by atoms with Crippen molar-refractivity contribution in [1.82, 2.24) is 25.7 Å². The highest BCUT2D eigenvalue weighted by Crippen LogP contribution is 2.28. The Kier molecular flexibility index (Phi) is 4.36. The molecule has 3 N–H and O–H groups in total. The van der Waals surface area contributed by atoms with Crippen LogP contribution in [0, 0.1) is 0 Å². The van der Waals surface area contributed by atoms with Crippen LogP contribution >= 0.6 is 0 Å². The van der Waals surface area contributed by atoms with Gasteiger partial charge in [0.15, 0.2) is 0 Å². The number of phenols is 1. The molecule has 0 spiro atoms. The number of hydrogen-bond donors (Lipinski definition) is 3. The Morgan fingerprint density at radius 1 is 1.19 bits per heavy atom. The fourth-order valence-corrected chi connectivity index (χ4v) is 3.53. The summed E-state index contributed by atoms with van der Waals surface area (Å²) in [5.74, 6) is 1.12. The Bertz CT molecular complexity index is 860. The third-order valence-electron chi connectivity index (χ3n) is 5.14. The van der Waals surface area contributed by atoms with Gasteiger partial charge in [-0.2, -0.15) is 0 Å². The standard InChI is InChI=1S/C20H25N5O2/c1-20(2,3)19-21-9-13-10-25(11-17(13)22-19)18(27)16-8-15(23-24-16)12-4-6-14(26)7-5-12/h4-7,9,15-16,23-24,26H,8,10-11H2,1-3H3. The van der Waals surface area contributed by atoms with Gasteiger partial charge in [0.1, 0.15) is 17.6 Å². The predicted molar refractivity (Wildman–Crippen MR) is 101 cm³/mol. The molecular formula is C20H25N5O2. The summed E-state index contributed by atoms with van der Waals surface area (Å²) in [7, 11) is 0. The van der Waals surface area contributed by atoms with Gasteiger partial charge < -0.3 is 10.0 Å². The molecule has 4 rings (SSSR count). The van der Waals surface area contributed by atoms with Crippen LogP contribution in [0.3, 0.4) is 0 Å². The number of fused-ring (bicyclic) bond motifs is 1. The Morgan fingerprint density at radius 2 is 1.93 bits per heavy atom. The number of phenolic OH excluding ortho intramolecular Hbond substituents is 1. The fourth-order valence-electron chi connectivity index (χ4n) is 3.53. The molecule has 3 heterocycles. The number of hydrazine groups is 1. The molecule has 2 aliphatic rings. The lowest BCUT2D eigenvalue weighted by Crippen LogP contribution is -2.43. The van der Waals surface area contributed by atoms with Gasteiger partial charge in [-0.15, -0.1) is 0 Å². The van der Waals surface area contributed by atoms with E-state index >= 15 is 0 Å². The highest BCUT2D eigenvalue weighted by atomic mass is 16.3. The number of aromatic hydroxyl groups is 1. The zero-order valence-corrected chi connectivity index (χ0v) is 15.9. The minimum Gasteiger partial charge on any atom is -0.508 e. The smallest absolute Gasteiger partial charge is 0.241 e. The molecule has 2 atom stereocenters. The second kappa shape index (κ2) is 6.58. The monoisotopic (exact) mass is 367 g/mol. The number of carbonyl (C=O) groups excluding carboxylic acids is 1. The summed E-state index contributed by atoms with van der Waals surface area (Å²) in [5.41, 5.74) is 9.21. The number of aromatic nitrogens is 2. The molecule has 2 aliphatic heterocycles. The normalized spacial score (nSPS) is 22.1. The molecular weight excluding hydrogens is 342 g/mol. The molecule has 0 bridgehead atoms. The maximum Gasteiger partial charge on any atom is 0.241 e. The van der Waals surface area contributed by atoms with Crippen LogP contribution in [-0.2, 0) is 23.3 Å². The van der Waals surface area contributed by atoms with Crippen LogP contribution in [0.25, 0.3) is 0 Å². The van der Waals surface area contributed by atoms with Gasteiger partial charge >= 0.3 is 0 Å². The van der Waals surface area contributed by atoms with Crippen molar-refractivity contribution in [2.75, 3.05) is 0 Å². The van der Waals surface area contributed by atoms with Gasteiger partial charge in [0.05, 0.1) is 12.2 Å². The molecule has 0 radical (unpaired) electrons. The predicted octanol–water partition coefficient (Wildman–Crippen LogP) is 1.93. The lowest BCUT2D eigenvalue weighted by Gasteiger charge is -2.19. The molecule has 7 nitrogen and oxygen atoms in total. The average Bonchev–Trinajstić information content (AvgIpc) is 3.27. The zero-order chi connectivity index (χ0) is 19.2. The molecule has 1 aromatic carbocycles. The molecule has 0 aliphatic carbocycles. The summed E-state index contributed by atoms with van der Waals surface area (Å²) in [5, 5.41) is 9.43. The van der Waals surface area contributed by atoms with Gasteiger partial charge in [-0.1, -0.05) is 32.9 Å². The fraction of sp³-hybridized carbons (Fsp3) is 0.450. The van der Waals surface area contributed by atoms with Crippen molar-refractivity contribution in [2.24, 2.45) is 0 Å². The van der Waals surface area contributed by atoms with E-state index in [1.54, 1.807) is 12.1 Å². The number of nitrogens with one attached hydrogen (secondary N) is 2. The first-order chi connectivity index (χ1) is 12.8. The van der Waals surface area contributed by atoms with E-state index in [0.717, 1.165) is 22.6 Å². The maximum atomic E-state index is 13.0. The average molecular weight is 367 g/mol. The first kappa shape index (κ1) is 17.9. The Hall–Kier alpha value is -2.51. The van der Waals surface area contributed by atoms with Crippen molar-refractivity contribution < 1.29 is 9.90 Å². The highest BCUT2D eigenvalue weighted by Gasteiger charge is 2.36. The second-order valence-electron chi connectivity index (χ2n) is 8.33. The summed E-state index contributed by atoms with van der Waals surface area (Å²) in [6, 6.07) is 6.82. The van der Waals surface area contributed by atoms with Gasteiger partial charge in [0.2, 0.25) is 5.91 Å². The first-order valence-corrected chi connectivity index (χ1v) is 9.25. The zero-order valence-electron chi connectivity index (χ0n) is 15.9. The molecule has 2 unspecified atom stereocenters. The van der Waals surface area contributed by atoms with E-state index in [1.807, 2.05) is 23.2 Å². The Balaban J connectivity index is 1.43. The largest absolute Gasteiger partial charge is 0.508 e. The minimum atomic E-state index is -0.284. The molecule has 7 heteroatoms. The van der Waals surface area contributed by atoms with Crippen LogP contribution in [0.4, 0.5) is 0 Å². The van der Waals surface area contributed by atoms with Crippen molar-refractivity contribution in [3.8, 4) is 5.75 Å². The molecule has 2 aromatic rings. The number of rotatable bonds is 2. The third kappa shape index (κ3) is 3.52. The van der Waals surface area contributed by atoms with Gasteiger partial charge in [0, 0.05) is 29.8 Å². The van der Waals surface area contributed by atoms with E-state index in [0.29, 0.717) is 19.5 Å². The Labute approximate surface area is 158 Å². The van der Waals surface area contributed by atoms with Crippen LogP contribution in [0.15, 0.2) is 30.5 Å². The quantitative estimate of drug-likeness (QED) is 0.751. The number of carbonyl (C=O) groups is 1. The topological polar surface area (TPSA) is 90.4 Å². The van der Waals surface area contributed by atoms with Crippen molar-refractivity contribution >= 4 is 5.91 Å². The maximum absolute atomic E-state index is 13.0. The highest BCUT2D eigenvalue weighted by molar-refractivity contribution is 5.82. The summed E-state index contributed by atoms with van der Waals surface area (Å²) in [6.45, 7) is 7.35. The number of nitrogens with zero attached hydrogens (tertiary/aromatic N) is 3. The first-order valence-electron chi connectivity index (χ1n) is 9.25. The van der Waals surface area contributed by atoms with Gasteiger partial charge in [0.25, 0.3) is 0 Å².